The van der Waals surface area contributed by atoms with Gasteiger partial charge in [0.1, 0.15) is 0 Å². The van der Waals surface area contributed by atoms with Gasteiger partial charge in [-0.15, -0.1) is 0 Å². The van der Waals surface area contributed by atoms with Gasteiger partial charge < -0.3 is 10.6 Å². The van der Waals surface area contributed by atoms with E-state index in [1.165, 1.54) is 0 Å². The highest BCUT2D eigenvalue weighted by molar-refractivity contribution is 6.03. The summed E-state index contributed by atoms with van der Waals surface area (Å²) in [5.74, 6) is -0.849. The lowest BCUT2D eigenvalue weighted by atomic mass is 9.97. The standard InChI is InChI=1S/C17H23N3O3/c1-3-18-11(2)10-19-16(22)13-6-4-12(5-7-13)8-14-9-15(21)20-17(14)23/h4-7,11,14,18H,3,8-10H2,1-2H3,(H,19,22)(H,20,21,23)/t11-,14?/m1/s1. The Bertz CT molecular complexity index is 583. The fraction of sp³-hybridized carbons (Fsp3) is 0.471. The van der Waals surface area contributed by atoms with Crippen molar-refractivity contribution >= 4 is 17.7 Å². The molecule has 0 aliphatic carbocycles. The molecule has 3 N–H and O–H groups in total. The van der Waals surface area contributed by atoms with E-state index in [0.29, 0.717) is 18.5 Å². The van der Waals surface area contributed by atoms with E-state index in [-0.39, 0.29) is 36.1 Å². The van der Waals surface area contributed by atoms with Gasteiger partial charge in [0.15, 0.2) is 0 Å². The van der Waals surface area contributed by atoms with E-state index < -0.39 is 0 Å². The largest absolute Gasteiger partial charge is 0.350 e. The maximum Gasteiger partial charge on any atom is 0.251 e. The van der Waals surface area contributed by atoms with Crippen LogP contribution in [-0.4, -0.2) is 36.9 Å². The molecule has 0 saturated carbocycles. The van der Waals surface area contributed by atoms with Gasteiger partial charge in [0.25, 0.3) is 5.91 Å². The molecule has 2 atom stereocenters. The monoisotopic (exact) mass is 317 g/mol. The number of carbonyl (C=O) groups is 3. The maximum atomic E-state index is 12.1. The van der Waals surface area contributed by atoms with Gasteiger partial charge in [-0.25, -0.2) is 0 Å². The molecule has 1 unspecified atom stereocenters. The van der Waals surface area contributed by atoms with Gasteiger partial charge in [-0.1, -0.05) is 19.1 Å². The molecule has 1 heterocycles. The third-order valence-electron chi connectivity index (χ3n) is 3.88. The quantitative estimate of drug-likeness (QED) is 0.643. The van der Waals surface area contributed by atoms with Crippen molar-refractivity contribution in [2.24, 2.45) is 5.92 Å². The van der Waals surface area contributed by atoms with Crippen molar-refractivity contribution in [2.75, 3.05) is 13.1 Å². The van der Waals surface area contributed by atoms with E-state index in [1.54, 1.807) is 12.1 Å². The average molecular weight is 317 g/mol. The molecule has 2 rings (SSSR count). The van der Waals surface area contributed by atoms with Crippen LogP contribution in [0.1, 0.15) is 36.2 Å². The summed E-state index contributed by atoms with van der Waals surface area (Å²) in [7, 11) is 0. The second-order valence-corrected chi connectivity index (χ2v) is 5.88. The lowest BCUT2D eigenvalue weighted by Gasteiger charge is -2.13. The van der Waals surface area contributed by atoms with Crippen LogP contribution in [0.4, 0.5) is 0 Å². The summed E-state index contributed by atoms with van der Waals surface area (Å²) in [5.41, 5.74) is 1.53. The number of imide groups is 1. The van der Waals surface area contributed by atoms with Crippen LogP contribution in [0, 0.1) is 5.92 Å². The second kappa shape index (κ2) is 7.87. The number of nitrogens with one attached hydrogen (secondary N) is 3. The summed E-state index contributed by atoms with van der Waals surface area (Å²) in [4.78, 5) is 34.8. The van der Waals surface area contributed by atoms with Crippen molar-refractivity contribution in [1.29, 1.82) is 0 Å². The Morgan fingerprint density at radius 1 is 1.30 bits per heavy atom. The van der Waals surface area contributed by atoms with Crippen LogP contribution in [0.5, 0.6) is 0 Å². The lowest BCUT2D eigenvalue weighted by Crippen LogP contribution is -2.38. The average Bonchev–Trinajstić information content (AvgIpc) is 2.83. The number of benzene rings is 1. The van der Waals surface area contributed by atoms with Gasteiger partial charge in [0, 0.05) is 24.6 Å². The van der Waals surface area contributed by atoms with Gasteiger partial charge in [0.2, 0.25) is 11.8 Å². The minimum Gasteiger partial charge on any atom is -0.350 e. The highest BCUT2D eigenvalue weighted by Crippen LogP contribution is 2.17. The Hall–Kier alpha value is -2.21. The molecule has 0 aromatic heterocycles. The van der Waals surface area contributed by atoms with Crippen LogP contribution < -0.4 is 16.0 Å². The number of amides is 3. The SMILES string of the molecule is CCN[C@H](C)CNC(=O)c1ccc(CC2CC(=O)NC2=O)cc1. The van der Waals surface area contributed by atoms with Gasteiger partial charge in [-0.3, -0.25) is 19.7 Å². The van der Waals surface area contributed by atoms with E-state index in [1.807, 2.05) is 26.0 Å². The van der Waals surface area contributed by atoms with Crippen LogP contribution in [0.25, 0.3) is 0 Å². The van der Waals surface area contributed by atoms with Crippen LogP contribution in [0.15, 0.2) is 24.3 Å². The summed E-state index contributed by atoms with van der Waals surface area (Å²) < 4.78 is 0. The maximum absolute atomic E-state index is 12.1. The number of hydrogen-bond acceptors (Lipinski definition) is 4. The molecule has 0 bridgehead atoms. The Balaban J connectivity index is 1.87. The molecular weight excluding hydrogens is 294 g/mol. The first-order chi connectivity index (χ1) is 11.0. The van der Waals surface area contributed by atoms with E-state index >= 15 is 0 Å². The van der Waals surface area contributed by atoms with Crippen molar-refractivity contribution in [2.45, 2.75) is 32.7 Å². The van der Waals surface area contributed by atoms with Crippen molar-refractivity contribution in [3.63, 3.8) is 0 Å². The summed E-state index contributed by atoms with van der Waals surface area (Å²) >= 11 is 0. The first kappa shape index (κ1) is 17.1. The molecule has 6 nitrogen and oxygen atoms in total. The molecule has 6 heteroatoms. The summed E-state index contributed by atoms with van der Waals surface area (Å²) in [6.07, 6.45) is 0.750. The number of likely N-dealkylation sites (N-methyl/N-ethyl adjacent to an activating group) is 1. The Morgan fingerprint density at radius 3 is 2.57 bits per heavy atom. The first-order valence-corrected chi connectivity index (χ1v) is 7.93. The molecule has 1 saturated heterocycles. The highest BCUT2D eigenvalue weighted by atomic mass is 16.2. The van der Waals surface area contributed by atoms with E-state index in [0.717, 1.165) is 12.1 Å². The summed E-state index contributed by atoms with van der Waals surface area (Å²) in [5, 5.41) is 8.41. The molecule has 0 spiro atoms. The molecular formula is C17H23N3O3. The molecule has 1 fully saturated rings. The number of hydrogen-bond donors (Lipinski definition) is 3. The van der Waals surface area contributed by atoms with E-state index in [4.69, 9.17) is 0 Å². The molecule has 1 aromatic rings. The van der Waals surface area contributed by atoms with Crippen LogP contribution in [0.2, 0.25) is 0 Å². The van der Waals surface area contributed by atoms with Crippen LogP contribution in [-0.2, 0) is 16.0 Å². The van der Waals surface area contributed by atoms with Crippen molar-refractivity contribution in [3.05, 3.63) is 35.4 Å². The third kappa shape index (κ3) is 4.89. The van der Waals surface area contributed by atoms with Crippen LogP contribution in [0.3, 0.4) is 0 Å². The van der Waals surface area contributed by atoms with Gasteiger partial charge in [-0.2, -0.15) is 0 Å². The van der Waals surface area contributed by atoms with Gasteiger partial charge in [0.05, 0.1) is 5.92 Å². The number of carbonyl (C=O) groups excluding carboxylic acids is 3. The van der Waals surface area contributed by atoms with E-state index in [2.05, 4.69) is 16.0 Å². The normalized spacial score (nSPS) is 18.6. The zero-order valence-corrected chi connectivity index (χ0v) is 13.5. The molecule has 1 aliphatic rings. The zero-order chi connectivity index (χ0) is 16.8. The van der Waals surface area contributed by atoms with Crippen molar-refractivity contribution in [3.8, 4) is 0 Å². The Labute approximate surface area is 136 Å². The molecule has 0 radical (unpaired) electrons. The number of rotatable bonds is 7. The zero-order valence-electron chi connectivity index (χ0n) is 13.5. The molecule has 1 aliphatic heterocycles. The van der Waals surface area contributed by atoms with Gasteiger partial charge >= 0.3 is 0 Å². The third-order valence-corrected chi connectivity index (χ3v) is 3.88. The summed E-state index contributed by atoms with van der Waals surface area (Å²) in [6, 6.07) is 7.38. The Morgan fingerprint density at radius 2 is 2.00 bits per heavy atom. The van der Waals surface area contributed by atoms with Gasteiger partial charge in [-0.05, 0) is 37.6 Å². The van der Waals surface area contributed by atoms with Crippen molar-refractivity contribution in [1.82, 2.24) is 16.0 Å². The fourth-order valence-electron chi connectivity index (χ4n) is 2.62. The summed E-state index contributed by atoms with van der Waals surface area (Å²) in [6.45, 7) is 5.47. The minimum absolute atomic E-state index is 0.116. The predicted molar refractivity (Wildman–Crippen MR) is 86.9 cm³/mol. The predicted octanol–water partition coefficient (Wildman–Crippen LogP) is 0.620. The molecule has 124 valence electrons. The lowest BCUT2D eigenvalue weighted by molar-refractivity contribution is -0.125. The minimum atomic E-state index is -0.303. The molecule has 3 amide bonds. The molecule has 23 heavy (non-hydrogen) atoms. The van der Waals surface area contributed by atoms with Crippen molar-refractivity contribution < 1.29 is 14.4 Å². The fourth-order valence-corrected chi connectivity index (χ4v) is 2.62. The molecule has 1 aromatic carbocycles. The van der Waals surface area contributed by atoms with E-state index in [9.17, 15) is 14.4 Å². The highest BCUT2D eigenvalue weighted by Gasteiger charge is 2.30. The Kier molecular flexibility index (Phi) is 5.87. The topological polar surface area (TPSA) is 87.3 Å². The first-order valence-electron chi connectivity index (χ1n) is 7.93. The smallest absolute Gasteiger partial charge is 0.251 e. The second-order valence-electron chi connectivity index (χ2n) is 5.88. The van der Waals surface area contributed by atoms with Crippen LogP contribution >= 0.6 is 0 Å².